The molecule has 0 spiro atoms. The van der Waals surface area contributed by atoms with Crippen LogP contribution >= 0.6 is 11.6 Å². The molecule has 0 unspecified atom stereocenters. The summed E-state index contributed by atoms with van der Waals surface area (Å²) < 4.78 is 34.1. The van der Waals surface area contributed by atoms with Crippen LogP contribution in [0.1, 0.15) is 5.56 Å². The van der Waals surface area contributed by atoms with Crippen LogP contribution in [0.25, 0.3) is 22.3 Å². The van der Waals surface area contributed by atoms with Gasteiger partial charge >= 0.3 is 0 Å². The zero-order valence-corrected chi connectivity index (χ0v) is 16.0. The Morgan fingerprint density at radius 3 is 2.00 bits per heavy atom. The summed E-state index contributed by atoms with van der Waals surface area (Å²) in [5.74, 6) is 1.30. The molecule has 1 aliphatic rings. The molecular weight excluding hydrogens is 386 g/mol. The molecule has 3 aromatic carbocycles. The number of halogens is 1. The zero-order valence-electron chi connectivity index (χ0n) is 14.4. The first-order valence-electron chi connectivity index (χ1n) is 8.16. The predicted molar refractivity (Wildman–Crippen MR) is 105 cm³/mol. The summed E-state index contributed by atoms with van der Waals surface area (Å²) in [6, 6.07) is 16.0. The van der Waals surface area contributed by atoms with Crippen LogP contribution in [0.4, 0.5) is 0 Å². The van der Waals surface area contributed by atoms with Gasteiger partial charge in [0.2, 0.25) is 16.8 Å². The van der Waals surface area contributed by atoms with E-state index in [1.165, 1.54) is 12.1 Å². The molecule has 0 saturated carbocycles. The summed E-state index contributed by atoms with van der Waals surface area (Å²) in [5, 5.41) is 5.86. The van der Waals surface area contributed by atoms with E-state index < -0.39 is 10.0 Å². The van der Waals surface area contributed by atoms with Crippen LogP contribution in [-0.4, -0.2) is 15.2 Å². The highest BCUT2D eigenvalue weighted by Crippen LogP contribution is 2.43. The lowest BCUT2D eigenvalue weighted by atomic mass is 9.93. The smallest absolute Gasteiger partial charge is 0.238 e. The third-order valence-electron chi connectivity index (χ3n) is 4.49. The number of primary sulfonamides is 1. The van der Waals surface area contributed by atoms with Crippen molar-refractivity contribution in [1.82, 2.24) is 0 Å². The van der Waals surface area contributed by atoms with Crippen LogP contribution in [0.15, 0.2) is 59.5 Å². The molecule has 0 aromatic heterocycles. The fourth-order valence-electron chi connectivity index (χ4n) is 3.00. The number of ether oxygens (including phenoxy) is 2. The van der Waals surface area contributed by atoms with Crippen LogP contribution in [0.5, 0.6) is 11.5 Å². The molecule has 1 aliphatic heterocycles. The predicted octanol–water partition coefficient (Wildman–Crippen LogP) is 4.36. The fraction of sp³-hybridized carbons (Fsp3) is 0.100. The first-order valence-corrected chi connectivity index (χ1v) is 10.1. The van der Waals surface area contributed by atoms with Gasteiger partial charge < -0.3 is 9.47 Å². The van der Waals surface area contributed by atoms with E-state index in [9.17, 15) is 8.42 Å². The minimum absolute atomic E-state index is 0.0620. The molecule has 5 nitrogen and oxygen atoms in total. The van der Waals surface area contributed by atoms with E-state index in [1.807, 2.05) is 37.3 Å². The quantitative estimate of drug-likeness (QED) is 0.707. The number of hydrogen-bond donors (Lipinski definition) is 1. The summed E-state index contributed by atoms with van der Waals surface area (Å²) >= 11 is 6.31. The zero-order chi connectivity index (χ0) is 19.2. The molecule has 1 heterocycles. The number of sulfonamides is 1. The number of aryl methyl sites for hydroxylation is 1. The molecule has 0 radical (unpaired) electrons. The molecule has 0 amide bonds. The topological polar surface area (TPSA) is 78.6 Å². The Bertz CT molecular complexity index is 1140. The molecule has 0 saturated heterocycles. The van der Waals surface area contributed by atoms with Crippen molar-refractivity contribution in [2.45, 2.75) is 11.8 Å². The number of benzene rings is 3. The minimum Gasteiger partial charge on any atom is -0.454 e. The summed E-state index contributed by atoms with van der Waals surface area (Å²) in [6.45, 7) is 2.11. The van der Waals surface area contributed by atoms with Gasteiger partial charge in [-0.05, 0) is 65.1 Å². The second kappa shape index (κ2) is 6.56. The number of rotatable bonds is 3. The van der Waals surface area contributed by atoms with Crippen molar-refractivity contribution >= 4 is 21.6 Å². The first-order chi connectivity index (χ1) is 12.8. The normalized spacial score (nSPS) is 13.0. The van der Waals surface area contributed by atoms with Gasteiger partial charge in [0.25, 0.3) is 0 Å². The summed E-state index contributed by atoms with van der Waals surface area (Å²) in [5.41, 5.74) is 4.52. The van der Waals surface area contributed by atoms with Crippen molar-refractivity contribution in [3.05, 3.63) is 65.2 Å². The molecule has 0 fully saturated rings. The molecule has 0 atom stereocenters. The van der Waals surface area contributed by atoms with Crippen LogP contribution in [0, 0.1) is 6.92 Å². The van der Waals surface area contributed by atoms with Gasteiger partial charge in [-0.2, -0.15) is 0 Å². The van der Waals surface area contributed by atoms with Crippen LogP contribution in [0.2, 0.25) is 5.02 Å². The molecule has 0 aliphatic carbocycles. The van der Waals surface area contributed by atoms with Gasteiger partial charge in [-0.15, -0.1) is 0 Å². The fourth-order valence-corrected chi connectivity index (χ4v) is 3.70. The first kappa shape index (κ1) is 17.9. The van der Waals surface area contributed by atoms with E-state index in [0.29, 0.717) is 16.5 Å². The number of nitrogens with two attached hydrogens (primary N) is 1. The van der Waals surface area contributed by atoms with Gasteiger partial charge in [0.1, 0.15) is 0 Å². The lowest BCUT2D eigenvalue weighted by molar-refractivity contribution is 0.174. The Kier molecular flexibility index (Phi) is 4.34. The summed E-state index contributed by atoms with van der Waals surface area (Å²) in [6.07, 6.45) is 0. The van der Waals surface area contributed by atoms with Crippen LogP contribution in [0.3, 0.4) is 0 Å². The monoisotopic (exact) mass is 401 g/mol. The standard InChI is InChI=1S/C20H16ClNO4S/c1-12-2-3-14(8-18(12)21)17-10-20-19(25-11-26-20)9-16(17)13-4-6-15(7-5-13)27(22,23)24/h2-10H,11H2,1H3,(H2,22,23,24). The largest absolute Gasteiger partial charge is 0.454 e. The van der Waals surface area contributed by atoms with E-state index in [1.54, 1.807) is 12.1 Å². The van der Waals surface area contributed by atoms with E-state index in [2.05, 4.69) is 0 Å². The lowest BCUT2D eigenvalue weighted by Gasteiger charge is -2.13. The van der Waals surface area contributed by atoms with Gasteiger partial charge in [-0.3, -0.25) is 0 Å². The maximum absolute atomic E-state index is 11.5. The third kappa shape index (κ3) is 3.39. The SMILES string of the molecule is Cc1ccc(-c2cc3c(cc2-c2ccc(S(N)(=O)=O)cc2)OCO3)cc1Cl. The van der Waals surface area contributed by atoms with E-state index in [4.69, 9.17) is 26.2 Å². The molecule has 138 valence electrons. The third-order valence-corrected chi connectivity index (χ3v) is 5.83. The Labute approximate surface area is 162 Å². The summed E-state index contributed by atoms with van der Waals surface area (Å²) in [4.78, 5) is 0.0620. The Balaban J connectivity index is 1.90. The highest BCUT2D eigenvalue weighted by atomic mass is 35.5. The highest BCUT2D eigenvalue weighted by molar-refractivity contribution is 7.89. The van der Waals surface area contributed by atoms with Crippen LogP contribution in [-0.2, 0) is 10.0 Å². The minimum atomic E-state index is -3.75. The number of hydrogen-bond acceptors (Lipinski definition) is 4. The number of fused-ring (bicyclic) bond motifs is 1. The van der Waals surface area contributed by atoms with Gasteiger partial charge in [0.05, 0.1) is 4.90 Å². The van der Waals surface area contributed by atoms with Gasteiger partial charge in [0, 0.05) is 5.02 Å². The second-order valence-corrected chi connectivity index (χ2v) is 8.25. The van der Waals surface area contributed by atoms with Crippen molar-refractivity contribution < 1.29 is 17.9 Å². The Hall–Kier alpha value is -2.54. The molecule has 27 heavy (non-hydrogen) atoms. The maximum Gasteiger partial charge on any atom is 0.238 e. The Morgan fingerprint density at radius 2 is 1.44 bits per heavy atom. The molecule has 3 aromatic rings. The van der Waals surface area contributed by atoms with Crippen molar-refractivity contribution in [1.29, 1.82) is 0 Å². The average Bonchev–Trinajstić information content (AvgIpc) is 3.10. The molecule has 0 bridgehead atoms. The molecular formula is C20H16ClNO4S. The average molecular weight is 402 g/mol. The highest BCUT2D eigenvalue weighted by Gasteiger charge is 2.20. The molecule has 4 rings (SSSR count). The maximum atomic E-state index is 11.5. The van der Waals surface area contributed by atoms with Gasteiger partial charge in [-0.25, -0.2) is 13.6 Å². The van der Waals surface area contributed by atoms with E-state index >= 15 is 0 Å². The lowest BCUT2D eigenvalue weighted by Crippen LogP contribution is -2.11. The van der Waals surface area contributed by atoms with Crippen molar-refractivity contribution in [3.8, 4) is 33.8 Å². The molecule has 7 heteroatoms. The van der Waals surface area contributed by atoms with Crippen molar-refractivity contribution in [3.63, 3.8) is 0 Å². The van der Waals surface area contributed by atoms with Crippen molar-refractivity contribution in [2.24, 2.45) is 5.14 Å². The van der Waals surface area contributed by atoms with Crippen LogP contribution < -0.4 is 14.6 Å². The van der Waals surface area contributed by atoms with E-state index in [-0.39, 0.29) is 11.7 Å². The van der Waals surface area contributed by atoms with Gasteiger partial charge in [0.15, 0.2) is 11.5 Å². The summed E-state index contributed by atoms with van der Waals surface area (Å²) in [7, 11) is -3.75. The van der Waals surface area contributed by atoms with Gasteiger partial charge in [-0.1, -0.05) is 35.9 Å². The van der Waals surface area contributed by atoms with E-state index in [0.717, 1.165) is 27.8 Å². The molecule has 2 N–H and O–H groups in total. The van der Waals surface area contributed by atoms with Crippen molar-refractivity contribution in [2.75, 3.05) is 6.79 Å². The Morgan fingerprint density at radius 1 is 0.889 bits per heavy atom. The second-order valence-electron chi connectivity index (χ2n) is 6.28.